The SMILES string of the molecule is O=C(OCc1ccccc1)N1C2CCC1CC(O)(c1ccc(C(F)(F)F)cc1)C2. The quantitative estimate of drug-likeness (QED) is 0.794. The van der Waals surface area contributed by atoms with Crippen LogP contribution in [-0.2, 0) is 23.1 Å². The van der Waals surface area contributed by atoms with E-state index in [1.807, 2.05) is 30.3 Å². The second-order valence-electron chi connectivity index (χ2n) is 7.85. The van der Waals surface area contributed by atoms with Gasteiger partial charge in [-0.2, -0.15) is 13.2 Å². The van der Waals surface area contributed by atoms with Crippen LogP contribution in [0.2, 0.25) is 0 Å². The molecule has 0 saturated carbocycles. The summed E-state index contributed by atoms with van der Waals surface area (Å²) in [5, 5.41) is 11.2. The lowest BCUT2D eigenvalue weighted by Gasteiger charge is -2.43. The van der Waals surface area contributed by atoms with E-state index in [9.17, 15) is 23.1 Å². The first-order valence-corrected chi connectivity index (χ1v) is 9.65. The summed E-state index contributed by atoms with van der Waals surface area (Å²) in [5.74, 6) is 0. The number of amides is 1. The minimum atomic E-state index is -4.41. The summed E-state index contributed by atoms with van der Waals surface area (Å²) in [7, 11) is 0. The first-order chi connectivity index (χ1) is 13.8. The number of nitrogens with zero attached hydrogens (tertiary/aromatic N) is 1. The molecule has 1 N–H and O–H groups in total. The molecule has 2 heterocycles. The number of benzene rings is 2. The average Bonchev–Trinajstić information content (AvgIpc) is 2.98. The Morgan fingerprint density at radius 1 is 1.03 bits per heavy atom. The lowest BCUT2D eigenvalue weighted by atomic mass is 9.80. The predicted molar refractivity (Wildman–Crippen MR) is 99.9 cm³/mol. The Morgan fingerprint density at radius 2 is 1.62 bits per heavy atom. The molecule has 7 heteroatoms. The molecular formula is C22H22F3NO3. The van der Waals surface area contributed by atoms with Crippen LogP contribution >= 0.6 is 0 Å². The van der Waals surface area contributed by atoms with Crippen LogP contribution in [0.4, 0.5) is 18.0 Å². The van der Waals surface area contributed by atoms with Gasteiger partial charge >= 0.3 is 12.3 Å². The van der Waals surface area contributed by atoms with Crippen molar-refractivity contribution in [2.75, 3.05) is 0 Å². The average molecular weight is 405 g/mol. The van der Waals surface area contributed by atoms with Gasteiger partial charge in [0.05, 0.1) is 11.2 Å². The highest BCUT2D eigenvalue weighted by Crippen LogP contribution is 2.46. The van der Waals surface area contributed by atoms with Gasteiger partial charge in [0, 0.05) is 24.9 Å². The molecule has 2 aliphatic heterocycles. The first kappa shape index (κ1) is 19.8. The summed E-state index contributed by atoms with van der Waals surface area (Å²) < 4.78 is 43.9. The fourth-order valence-corrected chi connectivity index (χ4v) is 4.52. The molecule has 2 bridgehead atoms. The monoisotopic (exact) mass is 405 g/mol. The molecule has 4 rings (SSSR count). The van der Waals surface area contributed by atoms with Gasteiger partial charge in [-0.3, -0.25) is 0 Å². The van der Waals surface area contributed by atoms with Crippen molar-refractivity contribution in [2.45, 2.75) is 56.2 Å². The molecule has 2 aromatic rings. The maximum atomic E-state index is 12.8. The number of piperidine rings is 1. The summed E-state index contributed by atoms with van der Waals surface area (Å²) in [6.07, 6.45) is -2.76. The van der Waals surface area contributed by atoms with Crippen molar-refractivity contribution in [3.63, 3.8) is 0 Å². The van der Waals surface area contributed by atoms with Crippen LogP contribution in [0.3, 0.4) is 0 Å². The van der Waals surface area contributed by atoms with Gasteiger partial charge in [-0.25, -0.2) is 4.79 Å². The lowest BCUT2D eigenvalue weighted by Crippen LogP contribution is -2.52. The molecule has 0 aliphatic carbocycles. The van der Waals surface area contributed by atoms with Gasteiger partial charge in [0.15, 0.2) is 0 Å². The van der Waals surface area contributed by atoms with Crippen molar-refractivity contribution in [3.05, 3.63) is 71.3 Å². The Bertz CT molecular complexity index is 853. The normalized spacial score (nSPS) is 26.4. The molecule has 0 spiro atoms. The fourth-order valence-electron chi connectivity index (χ4n) is 4.52. The molecular weight excluding hydrogens is 383 g/mol. The summed E-state index contributed by atoms with van der Waals surface area (Å²) in [6, 6.07) is 13.7. The highest BCUT2D eigenvalue weighted by atomic mass is 19.4. The van der Waals surface area contributed by atoms with Crippen LogP contribution in [0.15, 0.2) is 54.6 Å². The predicted octanol–water partition coefficient (Wildman–Crippen LogP) is 4.86. The van der Waals surface area contributed by atoms with Gasteiger partial charge in [0.1, 0.15) is 6.61 Å². The first-order valence-electron chi connectivity index (χ1n) is 9.65. The number of alkyl halides is 3. The van der Waals surface area contributed by atoms with Gasteiger partial charge in [-0.15, -0.1) is 0 Å². The number of aliphatic hydroxyl groups is 1. The van der Waals surface area contributed by atoms with Crippen molar-refractivity contribution in [1.82, 2.24) is 4.90 Å². The number of carbonyl (C=O) groups excluding carboxylic acids is 1. The summed E-state index contributed by atoms with van der Waals surface area (Å²) in [4.78, 5) is 14.3. The Kier molecular flexibility index (Phi) is 5.02. The van der Waals surface area contributed by atoms with E-state index < -0.39 is 23.4 Å². The van der Waals surface area contributed by atoms with E-state index in [-0.39, 0.29) is 31.5 Å². The Labute approximate surface area is 166 Å². The highest BCUT2D eigenvalue weighted by Gasteiger charge is 2.50. The van der Waals surface area contributed by atoms with Crippen LogP contribution in [0.5, 0.6) is 0 Å². The fraction of sp³-hybridized carbons (Fsp3) is 0.409. The zero-order valence-corrected chi connectivity index (χ0v) is 15.7. The molecule has 2 fully saturated rings. The zero-order valence-electron chi connectivity index (χ0n) is 15.7. The van der Waals surface area contributed by atoms with Crippen molar-refractivity contribution < 1.29 is 27.8 Å². The standard InChI is InChI=1S/C22H22F3NO3/c23-22(24,25)17-8-6-16(7-9-17)21(28)12-18-10-11-19(13-21)26(18)20(27)29-14-15-4-2-1-3-5-15/h1-9,18-19,28H,10-14H2. The van der Waals surface area contributed by atoms with E-state index in [1.54, 1.807) is 4.90 Å². The Hall–Kier alpha value is -2.54. The molecule has 0 aromatic heterocycles. The molecule has 2 saturated heterocycles. The summed E-state index contributed by atoms with van der Waals surface area (Å²) in [5.41, 5.74) is -0.632. The van der Waals surface area contributed by atoms with Crippen LogP contribution in [-0.4, -0.2) is 28.2 Å². The lowest BCUT2D eigenvalue weighted by molar-refractivity contribution is -0.137. The van der Waals surface area contributed by atoms with Crippen molar-refractivity contribution in [2.24, 2.45) is 0 Å². The van der Waals surface area contributed by atoms with Gasteiger partial charge in [-0.05, 0) is 36.1 Å². The Morgan fingerprint density at radius 3 is 2.17 bits per heavy atom. The number of fused-ring (bicyclic) bond motifs is 2. The van der Waals surface area contributed by atoms with Crippen LogP contribution in [0.25, 0.3) is 0 Å². The van der Waals surface area contributed by atoms with Crippen molar-refractivity contribution >= 4 is 6.09 Å². The number of halogens is 3. The molecule has 2 atom stereocenters. The van der Waals surface area contributed by atoms with Crippen LogP contribution in [0.1, 0.15) is 42.4 Å². The maximum absolute atomic E-state index is 12.8. The molecule has 2 aliphatic rings. The number of rotatable bonds is 3. The van der Waals surface area contributed by atoms with Crippen molar-refractivity contribution in [3.8, 4) is 0 Å². The second-order valence-corrected chi connectivity index (χ2v) is 7.85. The number of ether oxygens (including phenoxy) is 1. The van der Waals surface area contributed by atoms with E-state index in [2.05, 4.69) is 0 Å². The van der Waals surface area contributed by atoms with Crippen LogP contribution < -0.4 is 0 Å². The third-order valence-corrected chi connectivity index (χ3v) is 5.93. The minimum Gasteiger partial charge on any atom is -0.445 e. The Balaban J connectivity index is 1.45. The second kappa shape index (κ2) is 7.37. The number of hydrogen-bond donors (Lipinski definition) is 1. The van der Waals surface area contributed by atoms with Gasteiger partial charge < -0.3 is 14.7 Å². The van der Waals surface area contributed by atoms with Crippen LogP contribution in [0, 0.1) is 0 Å². The summed E-state index contributed by atoms with van der Waals surface area (Å²) in [6.45, 7) is 0.179. The van der Waals surface area contributed by atoms with Gasteiger partial charge in [0.25, 0.3) is 0 Å². The van der Waals surface area contributed by atoms with Gasteiger partial charge in [-0.1, -0.05) is 42.5 Å². The summed E-state index contributed by atoms with van der Waals surface area (Å²) >= 11 is 0. The molecule has 29 heavy (non-hydrogen) atoms. The maximum Gasteiger partial charge on any atom is 0.416 e. The van der Waals surface area contributed by atoms with E-state index in [0.717, 1.165) is 30.5 Å². The zero-order chi connectivity index (χ0) is 20.6. The molecule has 1 amide bonds. The van der Waals surface area contributed by atoms with E-state index in [1.165, 1.54) is 12.1 Å². The van der Waals surface area contributed by atoms with Gasteiger partial charge in [0.2, 0.25) is 0 Å². The highest BCUT2D eigenvalue weighted by molar-refractivity contribution is 5.69. The third kappa shape index (κ3) is 3.96. The molecule has 0 radical (unpaired) electrons. The van der Waals surface area contributed by atoms with E-state index >= 15 is 0 Å². The minimum absolute atomic E-state index is 0.179. The van der Waals surface area contributed by atoms with E-state index in [0.29, 0.717) is 5.56 Å². The molecule has 154 valence electrons. The number of hydrogen-bond acceptors (Lipinski definition) is 3. The largest absolute Gasteiger partial charge is 0.445 e. The smallest absolute Gasteiger partial charge is 0.416 e. The molecule has 4 nitrogen and oxygen atoms in total. The van der Waals surface area contributed by atoms with Crippen molar-refractivity contribution in [1.29, 1.82) is 0 Å². The molecule has 2 unspecified atom stereocenters. The molecule has 2 aromatic carbocycles. The third-order valence-electron chi connectivity index (χ3n) is 5.93. The van der Waals surface area contributed by atoms with E-state index in [4.69, 9.17) is 4.74 Å². The topological polar surface area (TPSA) is 49.8 Å². The number of carbonyl (C=O) groups is 1.